The molecule has 2 aliphatic rings. The zero-order valence-electron chi connectivity index (χ0n) is 14.8. The van der Waals surface area contributed by atoms with Crippen molar-refractivity contribution >= 4 is 45.9 Å². The fourth-order valence-electron chi connectivity index (χ4n) is 3.92. The molecule has 1 fully saturated rings. The van der Waals surface area contributed by atoms with Crippen molar-refractivity contribution in [2.24, 2.45) is 0 Å². The van der Waals surface area contributed by atoms with Crippen LogP contribution in [0.4, 0.5) is 5.69 Å². The van der Waals surface area contributed by atoms with Crippen LogP contribution in [-0.4, -0.2) is 23.8 Å². The van der Waals surface area contributed by atoms with Gasteiger partial charge in [-0.15, -0.1) is 0 Å². The molecular formula is C22H16N2O3S. The minimum absolute atomic E-state index is 0.183. The van der Waals surface area contributed by atoms with E-state index in [-0.39, 0.29) is 18.2 Å². The molecule has 5 rings (SSSR count). The number of amides is 3. The molecule has 2 heterocycles. The van der Waals surface area contributed by atoms with E-state index >= 15 is 0 Å². The van der Waals surface area contributed by atoms with Gasteiger partial charge >= 0.3 is 0 Å². The Balaban J connectivity index is 1.61. The van der Waals surface area contributed by atoms with Crippen molar-refractivity contribution < 1.29 is 14.4 Å². The third kappa shape index (κ3) is 2.60. The Kier molecular flexibility index (Phi) is 3.94. The SMILES string of the molecule is O=C1CCC(N2C(=O)c3cccc4c(Sc5ccccc5)ccc2c34)C(=O)N1. The van der Waals surface area contributed by atoms with Gasteiger partial charge in [-0.1, -0.05) is 42.1 Å². The highest BCUT2D eigenvalue weighted by molar-refractivity contribution is 7.99. The van der Waals surface area contributed by atoms with E-state index in [2.05, 4.69) is 17.4 Å². The van der Waals surface area contributed by atoms with Gasteiger partial charge in [-0.2, -0.15) is 0 Å². The van der Waals surface area contributed by atoms with Crippen LogP contribution in [0, 0.1) is 0 Å². The van der Waals surface area contributed by atoms with Crippen LogP contribution < -0.4 is 10.2 Å². The Morgan fingerprint density at radius 1 is 0.929 bits per heavy atom. The van der Waals surface area contributed by atoms with E-state index in [0.29, 0.717) is 12.0 Å². The maximum absolute atomic E-state index is 13.1. The number of anilines is 1. The Bertz CT molecular complexity index is 1140. The number of piperidine rings is 1. The predicted octanol–water partition coefficient (Wildman–Crippen LogP) is 3.76. The maximum atomic E-state index is 13.1. The zero-order chi connectivity index (χ0) is 19.3. The smallest absolute Gasteiger partial charge is 0.259 e. The summed E-state index contributed by atoms with van der Waals surface area (Å²) in [4.78, 5) is 40.7. The second-order valence-corrected chi connectivity index (χ2v) is 7.98. The van der Waals surface area contributed by atoms with Gasteiger partial charge < -0.3 is 0 Å². The summed E-state index contributed by atoms with van der Waals surface area (Å²) in [6, 6.07) is 19.0. The molecule has 3 aromatic rings. The van der Waals surface area contributed by atoms with Crippen LogP contribution >= 0.6 is 11.8 Å². The van der Waals surface area contributed by atoms with Gasteiger partial charge in [0.05, 0.1) is 5.69 Å². The highest BCUT2D eigenvalue weighted by Gasteiger charge is 2.40. The first-order valence-electron chi connectivity index (χ1n) is 9.09. The molecule has 1 unspecified atom stereocenters. The third-order valence-corrected chi connectivity index (χ3v) is 6.26. The predicted molar refractivity (Wildman–Crippen MR) is 107 cm³/mol. The van der Waals surface area contributed by atoms with Gasteiger partial charge in [0.15, 0.2) is 0 Å². The fraction of sp³-hybridized carbons (Fsp3) is 0.136. The number of nitrogens with one attached hydrogen (secondary N) is 1. The number of rotatable bonds is 3. The van der Waals surface area contributed by atoms with Crippen LogP contribution in [0.5, 0.6) is 0 Å². The highest BCUT2D eigenvalue weighted by Crippen LogP contribution is 2.44. The first kappa shape index (κ1) is 17.0. The molecule has 0 bridgehead atoms. The van der Waals surface area contributed by atoms with Crippen LogP contribution in [0.15, 0.2) is 70.5 Å². The number of imide groups is 1. The summed E-state index contributed by atoms with van der Waals surface area (Å²) in [5, 5.41) is 4.22. The van der Waals surface area contributed by atoms with E-state index in [1.54, 1.807) is 22.7 Å². The molecule has 138 valence electrons. The summed E-state index contributed by atoms with van der Waals surface area (Å²) in [5.41, 5.74) is 1.34. The van der Waals surface area contributed by atoms with Crippen molar-refractivity contribution in [3.8, 4) is 0 Å². The van der Waals surface area contributed by atoms with Gasteiger partial charge in [-0.3, -0.25) is 24.6 Å². The molecule has 0 aliphatic carbocycles. The fourth-order valence-corrected chi connectivity index (χ4v) is 4.89. The van der Waals surface area contributed by atoms with Crippen LogP contribution in [0.2, 0.25) is 0 Å². The molecule has 0 radical (unpaired) electrons. The molecule has 3 aromatic carbocycles. The van der Waals surface area contributed by atoms with Crippen molar-refractivity contribution in [3.63, 3.8) is 0 Å². The normalized spacial score (nSPS) is 18.6. The second kappa shape index (κ2) is 6.49. The van der Waals surface area contributed by atoms with Crippen molar-refractivity contribution in [2.45, 2.75) is 28.7 Å². The molecule has 0 saturated carbocycles. The van der Waals surface area contributed by atoms with E-state index in [1.165, 1.54) is 0 Å². The number of hydrogen-bond donors (Lipinski definition) is 1. The quantitative estimate of drug-likeness (QED) is 0.694. The highest BCUT2D eigenvalue weighted by atomic mass is 32.2. The van der Waals surface area contributed by atoms with E-state index in [9.17, 15) is 14.4 Å². The average molecular weight is 388 g/mol. The molecular weight excluding hydrogens is 372 g/mol. The van der Waals surface area contributed by atoms with E-state index < -0.39 is 11.9 Å². The first-order valence-corrected chi connectivity index (χ1v) is 9.91. The molecule has 2 aliphatic heterocycles. The molecule has 28 heavy (non-hydrogen) atoms. The lowest BCUT2D eigenvalue weighted by molar-refractivity contribution is -0.134. The van der Waals surface area contributed by atoms with E-state index in [4.69, 9.17) is 0 Å². The van der Waals surface area contributed by atoms with Crippen molar-refractivity contribution in [1.82, 2.24) is 5.32 Å². The van der Waals surface area contributed by atoms with E-state index in [0.717, 1.165) is 26.3 Å². The summed E-state index contributed by atoms with van der Waals surface area (Å²) in [5.74, 6) is -0.879. The summed E-state index contributed by atoms with van der Waals surface area (Å²) in [7, 11) is 0. The molecule has 0 aromatic heterocycles. The van der Waals surface area contributed by atoms with Crippen LogP contribution in [0.3, 0.4) is 0 Å². The molecule has 1 saturated heterocycles. The summed E-state index contributed by atoms with van der Waals surface area (Å²) in [6.07, 6.45) is 0.577. The monoisotopic (exact) mass is 388 g/mol. The number of benzene rings is 3. The lowest BCUT2D eigenvalue weighted by Gasteiger charge is -2.30. The summed E-state index contributed by atoms with van der Waals surface area (Å²) < 4.78 is 0. The molecule has 1 N–H and O–H groups in total. The number of hydrogen-bond acceptors (Lipinski definition) is 4. The molecule has 6 heteroatoms. The topological polar surface area (TPSA) is 66.5 Å². The molecule has 0 spiro atoms. The lowest BCUT2D eigenvalue weighted by atomic mass is 10.0. The third-order valence-electron chi connectivity index (χ3n) is 5.18. The van der Waals surface area contributed by atoms with Crippen LogP contribution in [0.1, 0.15) is 23.2 Å². The summed E-state index contributed by atoms with van der Waals surface area (Å²) >= 11 is 1.65. The standard InChI is InChI=1S/C22H16N2O3S/c25-19-12-10-17(21(26)23-19)24-16-9-11-18(28-13-5-2-1-3-6-13)14-7-4-8-15(20(14)16)22(24)27/h1-9,11,17H,10,12H2,(H,23,25,26). The largest absolute Gasteiger partial charge is 0.295 e. The Hall–Kier alpha value is -3.12. The van der Waals surface area contributed by atoms with Gasteiger partial charge in [0, 0.05) is 27.2 Å². The van der Waals surface area contributed by atoms with E-state index in [1.807, 2.05) is 42.5 Å². The first-order chi connectivity index (χ1) is 13.6. The second-order valence-electron chi connectivity index (χ2n) is 6.87. The average Bonchev–Trinajstić information content (AvgIpc) is 2.98. The zero-order valence-corrected chi connectivity index (χ0v) is 15.7. The number of carbonyl (C=O) groups is 3. The van der Waals surface area contributed by atoms with Crippen molar-refractivity contribution in [1.29, 1.82) is 0 Å². The Labute approximate surface area is 165 Å². The Morgan fingerprint density at radius 2 is 1.75 bits per heavy atom. The lowest BCUT2D eigenvalue weighted by Crippen LogP contribution is -2.53. The van der Waals surface area contributed by atoms with Crippen LogP contribution in [-0.2, 0) is 9.59 Å². The maximum Gasteiger partial charge on any atom is 0.259 e. The minimum atomic E-state index is -0.659. The van der Waals surface area contributed by atoms with Crippen molar-refractivity contribution in [2.75, 3.05) is 4.90 Å². The summed E-state index contributed by atoms with van der Waals surface area (Å²) in [6.45, 7) is 0. The van der Waals surface area contributed by atoms with Crippen molar-refractivity contribution in [3.05, 3.63) is 66.2 Å². The Morgan fingerprint density at radius 3 is 2.54 bits per heavy atom. The molecule has 3 amide bonds. The van der Waals surface area contributed by atoms with Crippen LogP contribution in [0.25, 0.3) is 10.8 Å². The molecule has 1 atom stereocenters. The van der Waals surface area contributed by atoms with Gasteiger partial charge in [-0.05, 0) is 42.1 Å². The number of nitrogens with zero attached hydrogens (tertiary/aromatic N) is 1. The minimum Gasteiger partial charge on any atom is -0.295 e. The number of carbonyl (C=O) groups excluding carboxylic acids is 3. The van der Waals surface area contributed by atoms with Gasteiger partial charge in [0.1, 0.15) is 6.04 Å². The molecule has 5 nitrogen and oxygen atoms in total. The van der Waals surface area contributed by atoms with Gasteiger partial charge in [0.2, 0.25) is 11.8 Å². The van der Waals surface area contributed by atoms with Gasteiger partial charge in [0.25, 0.3) is 5.91 Å². The van der Waals surface area contributed by atoms with Gasteiger partial charge in [-0.25, -0.2) is 0 Å².